The summed E-state index contributed by atoms with van der Waals surface area (Å²) in [6, 6.07) is 30.8. The number of carbonyl (C=O) groups is 1. The van der Waals surface area contributed by atoms with Crippen LogP contribution in [0.15, 0.2) is 102 Å². The molecule has 1 amide bonds. The van der Waals surface area contributed by atoms with Crippen LogP contribution in [-0.2, 0) is 6.42 Å². The molecule has 4 aromatic carbocycles. The number of ether oxygens (including phenoxy) is 1. The molecule has 0 unspecified atom stereocenters. The van der Waals surface area contributed by atoms with Gasteiger partial charge in [-0.1, -0.05) is 78.9 Å². The van der Waals surface area contributed by atoms with E-state index < -0.39 is 0 Å². The maximum Gasteiger partial charge on any atom is 0.265 e. The SMILES string of the molecule is Cc1cccc(C)c1-n1c2c(c3ccccc3c1=O)N(CCc1ccccc1)C(=O)c1ccccc1O2. The second-order valence-corrected chi connectivity index (χ2v) is 9.37. The van der Waals surface area contributed by atoms with E-state index in [9.17, 15) is 9.59 Å². The van der Waals surface area contributed by atoms with Crippen molar-refractivity contribution in [3.8, 4) is 17.3 Å². The monoisotopic (exact) mass is 486 g/mol. The molecule has 0 N–H and O–H groups in total. The van der Waals surface area contributed by atoms with Crippen molar-refractivity contribution in [2.45, 2.75) is 20.3 Å². The van der Waals surface area contributed by atoms with Crippen LogP contribution in [0.4, 0.5) is 5.69 Å². The van der Waals surface area contributed by atoms with Crippen LogP contribution in [0.1, 0.15) is 27.0 Å². The van der Waals surface area contributed by atoms with Gasteiger partial charge in [0.1, 0.15) is 11.4 Å². The summed E-state index contributed by atoms with van der Waals surface area (Å²) in [7, 11) is 0. The third-order valence-corrected chi connectivity index (χ3v) is 6.99. The largest absolute Gasteiger partial charge is 0.437 e. The Labute approximate surface area is 215 Å². The normalized spacial score (nSPS) is 12.6. The van der Waals surface area contributed by atoms with Gasteiger partial charge in [-0.3, -0.25) is 9.59 Å². The molecule has 0 fully saturated rings. The van der Waals surface area contributed by atoms with Gasteiger partial charge in [-0.15, -0.1) is 0 Å². The predicted molar refractivity (Wildman–Crippen MR) is 147 cm³/mol. The molecule has 0 saturated heterocycles. The second kappa shape index (κ2) is 9.10. The van der Waals surface area contributed by atoms with Crippen LogP contribution in [0.3, 0.4) is 0 Å². The number of rotatable bonds is 4. The zero-order valence-corrected chi connectivity index (χ0v) is 20.8. The number of hydrogen-bond acceptors (Lipinski definition) is 3. The van der Waals surface area contributed by atoms with E-state index in [1.54, 1.807) is 21.6 Å². The standard InChI is InChI=1S/C32H26N2O3/c1-21-11-10-12-22(2)28(21)34-31(36)25-16-7-6-15-24(25)29-32(34)37-27-18-9-8-17-26(27)30(35)33(29)20-19-23-13-4-3-5-14-23/h3-18H,19-20H2,1-2H3. The topological polar surface area (TPSA) is 51.5 Å². The van der Waals surface area contributed by atoms with Crippen LogP contribution < -0.4 is 15.2 Å². The number of nitrogens with zero attached hydrogens (tertiary/aromatic N) is 2. The Morgan fingerprint density at radius 1 is 0.676 bits per heavy atom. The van der Waals surface area contributed by atoms with Gasteiger partial charge in [0.2, 0.25) is 5.88 Å². The summed E-state index contributed by atoms with van der Waals surface area (Å²) in [4.78, 5) is 29.9. The van der Waals surface area contributed by atoms with Crippen LogP contribution in [-0.4, -0.2) is 17.0 Å². The number of amides is 1. The average Bonchev–Trinajstić information content (AvgIpc) is 3.04. The highest BCUT2D eigenvalue weighted by Crippen LogP contribution is 2.43. The van der Waals surface area contributed by atoms with Crippen LogP contribution >= 0.6 is 0 Å². The average molecular weight is 487 g/mol. The van der Waals surface area contributed by atoms with Crippen molar-refractivity contribution < 1.29 is 9.53 Å². The highest BCUT2D eigenvalue weighted by molar-refractivity contribution is 6.14. The summed E-state index contributed by atoms with van der Waals surface area (Å²) in [6.45, 7) is 4.40. The first-order valence-electron chi connectivity index (χ1n) is 12.4. The highest BCUT2D eigenvalue weighted by Gasteiger charge is 2.33. The van der Waals surface area contributed by atoms with Gasteiger partial charge in [0, 0.05) is 17.3 Å². The van der Waals surface area contributed by atoms with E-state index in [1.165, 1.54) is 0 Å². The summed E-state index contributed by atoms with van der Waals surface area (Å²) in [6.07, 6.45) is 0.658. The summed E-state index contributed by atoms with van der Waals surface area (Å²) in [5.74, 6) is 0.639. The highest BCUT2D eigenvalue weighted by atomic mass is 16.5. The Hall–Kier alpha value is -4.64. The van der Waals surface area contributed by atoms with Crippen molar-refractivity contribution >= 4 is 22.4 Å². The number of anilines is 1. The van der Waals surface area contributed by atoms with Crippen LogP contribution in [0.5, 0.6) is 11.6 Å². The number of aromatic nitrogens is 1. The van der Waals surface area contributed by atoms with E-state index in [4.69, 9.17) is 4.74 Å². The third kappa shape index (κ3) is 3.80. The van der Waals surface area contributed by atoms with E-state index in [1.807, 2.05) is 86.6 Å². The lowest BCUT2D eigenvalue weighted by atomic mass is 10.1. The number of carbonyl (C=O) groups excluding carboxylic acids is 1. The lowest BCUT2D eigenvalue weighted by Gasteiger charge is -2.26. The molecular formula is C32H26N2O3. The van der Waals surface area contributed by atoms with Gasteiger partial charge in [0.05, 0.1) is 11.3 Å². The smallest absolute Gasteiger partial charge is 0.265 e. The van der Waals surface area contributed by atoms with E-state index in [0.29, 0.717) is 46.6 Å². The minimum absolute atomic E-state index is 0.151. The summed E-state index contributed by atoms with van der Waals surface area (Å²) in [5, 5.41) is 1.23. The molecule has 5 heteroatoms. The fraction of sp³-hybridized carbons (Fsp3) is 0.125. The van der Waals surface area contributed by atoms with Crippen molar-refractivity contribution in [1.29, 1.82) is 0 Å². The van der Waals surface area contributed by atoms with E-state index in [2.05, 4.69) is 12.1 Å². The number of aryl methyl sites for hydroxylation is 2. The molecule has 2 heterocycles. The first-order valence-corrected chi connectivity index (χ1v) is 12.4. The number of fused-ring (bicyclic) bond motifs is 4. The Balaban J connectivity index is 1.69. The summed E-state index contributed by atoms with van der Waals surface area (Å²) < 4.78 is 8.19. The lowest BCUT2D eigenvalue weighted by molar-refractivity contribution is 0.0987. The number of hydrogen-bond donors (Lipinski definition) is 0. The predicted octanol–water partition coefficient (Wildman–Crippen LogP) is 6.60. The van der Waals surface area contributed by atoms with Crippen LogP contribution in [0.2, 0.25) is 0 Å². The molecule has 5 aromatic rings. The quantitative estimate of drug-likeness (QED) is 0.287. The van der Waals surface area contributed by atoms with Crippen molar-refractivity contribution in [3.63, 3.8) is 0 Å². The molecule has 1 aromatic heterocycles. The zero-order chi connectivity index (χ0) is 25.5. The molecule has 1 aliphatic rings. The molecule has 37 heavy (non-hydrogen) atoms. The van der Waals surface area contributed by atoms with Gasteiger partial charge < -0.3 is 9.64 Å². The minimum atomic E-state index is -0.179. The van der Waals surface area contributed by atoms with Gasteiger partial charge in [-0.25, -0.2) is 4.57 Å². The van der Waals surface area contributed by atoms with Crippen molar-refractivity contribution in [1.82, 2.24) is 4.57 Å². The fourth-order valence-electron chi connectivity index (χ4n) is 5.21. The molecule has 0 saturated carbocycles. The maximum absolute atomic E-state index is 14.1. The Kier molecular flexibility index (Phi) is 5.61. The first-order chi connectivity index (χ1) is 18.0. The van der Waals surface area contributed by atoms with Crippen molar-refractivity contribution in [2.24, 2.45) is 0 Å². The number of benzene rings is 4. The van der Waals surface area contributed by atoms with Crippen molar-refractivity contribution in [2.75, 3.05) is 11.4 Å². The van der Waals surface area contributed by atoms with Crippen LogP contribution in [0.25, 0.3) is 16.5 Å². The molecule has 0 spiro atoms. The minimum Gasteiger partial charge on any atom is -0.437 e. The van der Waals surface area contributed by atoms with E-state index in [0.717, 1.165) is 22.4 Å². The van der Waals surface area contributed by atoms with Gasteiger partial charge in [0.25, 0.3) is 11.5 Å². The Morgan fingerprint density at radius 3 is 2.08 bits per heavy atom. The third-order valence-electron chi connectivity index (χ3n) is 6.99. The van der Waals surface area contributed by atoms with Crippen molar-refractivity contribution in [3.05, 3.63) is 130 Å². The van der Waals surface area contributed by atoms with E-state index >= 15 is 0 Å². The van der Waals surface area contributed by atoms with Crippen LogP contribution in [0, 0.1) is 13.8 Å². The van der Waals surface area contributed by atoms with Gasteiger partial charge in [-0.2, -0.15) is 0 Å². The molecule has 0 atom stereocenters. The van der Waals surface area contributed by atoms with E-state index in [-0.39, 0.29) is 11.5 Å². The van der Waals surface area contributed by atoms with Gasteiger partial charge in [0.15, 0.2) is 0 Å². The first kappa shape index (κ1) is 22.8. The molecular weight excluding hydrogens is 460 g/mol. The Morgan fingerprint density at radius 2 is 1.32 bits per heavy atom. The molecule has 0 bridgehead atoms. The molecule has 6 rings (SSSR count). The number of para-hydroxylation sites is 2. The molecule has 1 aliphatic heterocycles. The molecule has 0 radical (unpaired) electrons. The maximum atomic E-state index is 14.1. The summed E-state index contributed by atoms with van der Waals surface area (Å²) in [5.41, 5.74) is 4.69. The molecule has 5 nitrogen and oxygen atoms in total. The molecule has 0 aliphatic carbocycles. The lowest BCUT2D eigenvalue weighted by Crippen LogP contribution is -2.34. The fourth-order valence-corrected chi connectivity index (χ4v) is 5.21. The van der Waals surface area contributed by atoms with Gasteiger partial charge >= 0.3 is 0 Å². The summed E-state index contributed by atoms with van der Waals surface area (Å²) >= 11 is 0. The zero-order valence-electron chi connectivity index (χ0n) is 20.8. The number of pyridine rings is 1. The Bertz CT molecular complexity index is 1700. The molecule has 182 valence electrons. The second-order valence-electron chi connectivity index (χ2n) is 9.37. The van der Waals surface area contributed by atoms with Gasteiger partial charge in [-0.05, 0) is 55.2 Å².